The van der Waals surface area contributed by atoms with E-state index >= 15 is 0 Å². The smallest absolute Gasteiger partial charge is 0.220 e. The van der Waals surface area contributed by atoms with Gasteiger partial charge in [-0.2, -0.15) is 0 Å². The lowest BCUT2D eigenvalue weighted by atomic mass is 9.87. The molecule has 1 N–H and O–H groups in total. The number of carbonyl (C=O) groups is 1. The maximum Gasteiger partial charge on any atom is 0.220 e. The third-order valence-electron chi connectivity index (χ3n) is 4.87. The van der Waals surface area contributed by atoms with Gasteiger partial charge in [0.15, 0.2) is 5.58 Å². The Bertz CT molecular complexity index is 730. The number of nitrogens with zero attached hydrogens (tertiary/aromatic N) is 1. The van der Waals surface area contributed by atoms with E-state index in [-0.39, 0.29) is 17.8 Å². The number of carbonyl (C=O) groups excluding carboxylic acids is 1. The third-order valence-corrected chi connectivity index (χ3v) is 4.87. The molecule has 2 saturated heterocycles. The first-order chi connectivity index (χ1) is 11.2. The highest BCUT2D eigenvalue weighted by Gasteiger charge is 2.41. The van der Waals surface area contributed by atoms with Crippen LogP contribution in [0.15, 0.2) is 22.7 Å². The van der Waals surface area contributed by atoms with E-state index in [1.54, 1.807) is 6.07 Å². The van der Waals surface area contributed by atoms with Crippen LogP contribution >= 0.6 is 0 Å². The molecule has 2 aliphatic rings. The third kappa shape index (κ3) is 2.95. The van der Waals surface area contributed by atoms with Crippen LogP contribution in [-0.2, 0) is 16.0 Å². The molecule has 122 valence electrons. The van der Waals surface area contributed by atoms with Crippen molar-refractivity contribution in [2.24, 2.45) is 5.92 Å². The number of hydrogen-bond donors (Lipinski definition) is 1. The van der Waals surface area contributed by atoms with Gasteiger partial charge >= 0.3 is 0 Å². The van der Waals surface area contributed by atoms with Gasteiger partial charge in [-0.15, -0.1) is 0 Å². The van der Waals surface area contributed by atoms with Crippen molar-refractivity contribution in [3.63, 3.8) is 0 Å². The van der Waals surface area contributed by atoms with E-state index in [1.165, 1.54) is 12.1 Å². The van der Waals surface area contributed by atoms with Gasteiger partial charge in [0.1, 0.15) is 5.82 Å². The summed E-state index contributed by atoms with van der Waals surface area (Å²) in [5.74, 6) is 0.0798. The van der Waals surface area contributed by atoms with Crippen LogP contribution in [0.3, 0.4) is 0 Å². The number of fused-ring (bicyclic) bond motifs is 3. The van der Waals surface area contributed by atoms with Crippen molar-refractivity contribution in [2.45, 2.75) is 44.3 Å². The van der Waals surface area contributed by atoms with Gasteiger partial charge in [-0.3, -0.25) is 4.79 Å². The number of halogens is 1. The zero-order valence-electron chi connectivity index (χ0n) is 12.8. The molecule has 1 aromatic carbocycles. The Morgan fingerprint density at radius 3 is 3.09 bits per heavy atom. The van der Waals surface area contributed by atoms with Crippen LogP contribution in [0.1, 0.15) is 31.4 Å². The van der Waals surface area contributed by atoms with Crippen LogP contribution in [-0.4, -0.2) is 29.8 Å². The maximum absolute atomic E-state index is 13.1. The molecule has 0 saturated carbocycles. The summed E-state index contributed by atoms with van der Waals surface area (Å²) < 4.78 is 24.0. The second kappa shape index (κ2) is 5.92. The quantitative estimate of drug-likeness (QED) is 0.920. The van der Waals surface area contributed by atoms with Crippen molar-refractivity contribution in [3.05, 3.63) is 29.7 Å². The first kappa shape index (κ1) is 14.6. The lowest BCUT2D eigenvalue weighted by Gasteiger charge is -2.17. The molecular formula is C17H19FN2O3. The number of rotatable bonds is 5. The molecule has 2 bridgehead atoms. The van der Waals surface area contributed by atoms with Crippen LogP contribution in [0.2, 0.25) is 0 Å². The molecule has 3 heterocycles. The normalized spacial score (nSPS) is 26.0. The number of benzene rings is 1. The highest BCUT2D eigenvalue weighted by molar-refractivity contribution is 5.79. The molecule has 0 spiro atoms. The van der Waals surface area contributed by atoms with Gasteiger partial charge in [-0.05, 0) is 37.3 Å². The molecule has 4 rings (SSSR count). The molecule has 3 unspecified atom stereocenters. The largest absolute Gasteiger partial charge is 0.375 e. The summed E-state index contributed by atoms with van der Waals surface area (Å²) in [7, 11) is 0. The second-order valence-corrected chi connectivity index (χ2v) is 6.44. The zero-order chi connectivity index (χ0) is 15.8. The van der Waals surface area contributed by atoms with Crippen LogP contribution in [0, 0.1) is 11.7 Å². The molecule has 5 nitrogen and oxygen atoms in total. The molecule has 2 fully saturated rings. The van der Waals surface area contributed by atoms with Crippen molar-refractivity contribution in [2.75, 3.05) is 6.54 Å². The predicted octanol–water partition coefficient (Wildman–Crippen LogP) is 2.58. The number of ether oxygens (including phenoxy) is 1. The second-order valence-electron chi connectivity index (χ2n) is 6.44. The molecule has 23 heavy (non-hydrogen) atoms. The number of aromatic nitrogens is 1. The Hall–Kier alpha value is -1.95. The Morgan fingerprint density at radius 1 is 1.39 bits per heavy atom. The van der Waals surface area contributed by atoms with Crippen LogP contribution in [0.5, 0.6) is 0 Å². The summed E-state index contributed by atoms with van der Waals surface area (Å²) in [6, 6.07) is 4.36. The number of hydrogen-bond acceptors (Lipinski definition) is 4. The molecule has 0 radical (unpaired) electrons. The van der Waals surface area contributed by atoms with Crippen LogP contribution in [0.25, 0.3) is 11.0 Å². The fraction of sp³-hybridized carbons (Fsp3) is 0.529. The van der Waals surface area contributed by atoms with Gasteiger partial charge in [-0.25, -0.2) is 4.39 Å². The lowest BCUT2D eigenvalue weighted by molar-refractivity contribution is -0.122. The fourth-order valence-electron chi connectivity index (χ4n) is 3.73. The molecule has 2 aromatic rings. The monoisotopic (exact) mass is 318 g/mol. The van der Waals surface area contributed by atoms with Crippen molar-refractivity contribution >= 4 is 16.9 Å². The zero-order valence-corrected chi connectivity index (χ0v) is 12.8. The predicted molar refractivity (Wildman–Crippen MR) is 81.3 cm³/mol. The standard InChI is InChI=1S/C17H19FN2O3/c18-11-1-3-13-14(20-23-16(13)9-11)5-6-19-17(21)8-10-7-12-2-4-15(10)22-12/h1,3,9-10,12,15H,2,4-8H2,(H,19,21). The van der Waals surface area contributed by atoms with Gasteiger partial charge in [-0.1, -0.05) is 5.16 Å². The van der Waals surface area contributed by atoms with E-state index in [0.29, 0.717) is 37.0 Å². The number of nitrogens with one attached hydrogen (secondary N) is 1. The summed E-state index contributed by atoms with van der Waals surface area (Å²) in [6.45, 7) is 0.500. The minimum absolute atomic E-state index is 0.0602. The molecule has 0 aliphatic carbocycles. The Labute approximate surface area is 133 Å². The molecule has 1 amide bonds. The molecule has 2 aliphatic heterocycles. The van der Waals surface area contributed by atoms with E-state index < -0.39 is 0 Å². The fourth-order valence-corrected chi connectivity index (χ4v) is 3.73. The van der Waals surface area contributed by atoms with Gasteiger partial charge in [0.05, 0.1) is 17.9 Å². The average Bonchev–Trinajstić information content (AvgIpc) is 3.22. The summed E-state index contributed by atoms with van der Waals surface area (Å²) in [6.07, 6.45) is 4.99. The van der Waals surface area contributed by atoms with Crippen molar-refractivity contribution < 1.29 is 18.4 Å². The van der Waals surface area contributed by atoms with Gasteiger partial charge in [0.2, 0.25) is 5.91 Å². The summed E-state index contributed by atoms with van der Waals surface area (Å²) in [5.41, 5.74) is 1.18. The molecular weight excluding hydrogens is 299 g/mol. The maximum atomic E-state index is 13.1. The minimum Gasteiger partial charge on any atom is -0.375 e. The van der Waals surface area contributed by atoms with Crippen LogP contribution in [0.4, 0.5) is 4.39 Å². The van der Waals surface area contributed by atoms with E-state index in [4.69, 9.17) is 9.26 Å². The molecule has 1 aromatic heterocycles. The van der Waals surface area contributed by atoms with Crippen molar-refractivity contribution in [3.8, 4) is 0 Å². The van der Waals surface area contributed by atoms with Gasteiger partial charge in [0.25, 0.3) is 0 Å². The summed E-state index contributed by atoms with van der Waals surface area (Å²) in [4.78, 5) is 12.1. The number of amides is 1. The first-order valence-corrected chi connectivity index (χ1v) is 8.15. The Balaban J connectivity index is 1.28. The lowest BCUT2D eigenvalue weighted by Crippen LogP contribution is -2.30. The first-order valence-electron chi connectivity index (χ1n) is 8.15. The molecule has 6 heteroatoms. The van der Waals surface area contributed by atoms with E-state index in [9.17, 15) is 9.18 Å². The van der Waals surface area contributed by atoms with E-state index in [0.717, 1.165) is 30.3 Å². The Morgan fingerprint density at radius 2 is 2.30 bits per heavy atom. The summed E-state index contributed by atoms with van der Waals surface area (Å²) in [5, 5.41) is 7.68. The topological polar surface area (TPSA) is 64.4 Å². The van der Waals surface area contributed by atoms with Gasteiger partial charge < -0.3 is 14.6 Å². The average molecular weight is 318 g/mol. The van der Waals surface area contributed by atoms with Crippen molar-refractivity contribution in [1.82, 2.24) is 10.5 Å². The summed E-state index contributed by atoms with van der Waals surface area (Å²) >= 11 is 0. The molecule has 3 atom stereocenters. The van der Waals surface area contributed by atoms with Gasteiger partial charge in [0, 0.05) is 30.8 Å². The van der Waals surface area contributed by atoms with Crippen LogP contribution < -0.4 is 5.32 Å². The Kier molecular flexibility index (Phi) is 3.77. The van der Waals surface area contributed by atoms with E-state index in [1.807, 2.05) is 0 Å². The highest BCUT2D eigenvalue weighted by atomic mass is 19.1. The minimum atomic E-state index is -0.346. The SMILES string of the molecule is O=C(CC1CC2CCC1O2)NCCc1noc2cc(F)ccc12. The van der Waals surface area contributed by atoms with E-state index in [2.05, 4.69) is 10.5 Å². The highest BCUT2D eigenvalue weighted by Crippen LogP contribution is 2.40. The van der Waals surface area contributed by atoms with Crippen molar-refractivity contribution in [1.29, 1.82) is 0 Å².